The van der Waals surface area contributed by atoms with E-state index in [4.69, 9.17) is 10.5 Å². The van der Waals surface area contributed by atoms with Gasteiger partial charge in [0.1, 0.15) is 12.0 Å². The van der Waals surface area contributed by atoms with Gasteiger partial charge in [-0.3, -0.25) is 4.90 Å². The van der Waals surface area contributed by atoms with Crippen molar-refractivity contribution < 1.29 is 4.74 Å². The molecule has 7 heteroatoms. The number of rotatable bonds is 8. The summed E-state index contributed by atoms with van der Waals surface area (Å²) < 4.78 is 5.38. The van der Waals surface area contributed by atoms with Gasteiger partial charge in [-0.15, -0.1) is 0 Å². The molecular weight excluding hydrogens is 328 g/mol. The molecule has 1 fully saturated rings. The molecule has 0 amide bonds. The zero-order chi connectivity index (χ0) is 18.2. The average Bonchev–Trinajstić information content (AvgIpc) is 2.70. The summed E-state index contributed by atoms with van der Waals surface area (Å²) >= 11 is 0. The Balaban J connectivity index is 1.61. The fraction of sp³-hybridized carbons (Fsp3) is 0.474. The van der Waals surface area contributed by atoms with Crippen LogP contribution in [0.2, 0.25) is 0 Å². The lowest BCUT2D eigenvalue weighted by Crippen LogP contribution is -2.37. The summed E-state index contributed by atoms with van der Waals surface area (Å²) in [6.45, 7) is 8.45. The molecule has 3 N–H and O–H groups in total. The Hall–Kier alpha value is -2.38. The molecule has 1 saturated heterocycles. The molecule has 0 unspecified atom stereocenters. The number of aromatic nitrogens is 2. The molecule has 0 bridgehead atoms. The summed E-state index contributed by atoms with van der Waals surface area (Å²) in [5, 5.41) is 3.36. The molecule has 7 nitrogen and oxygen atoms in total. The number of nitrogens with one attached hydrogen (secondary N) is 1. The van der Waals surface area contributed by atoms with Crippen LogP contribution in [0.25, 0.3) is 0 Å². The number of para-hydroxylation sites is 1. The van der Waals surface area contributed by atoms with Crippen molar-refractivity contribution in [2.45, 2.75) is 13.3 Å². The largest absolute Gasteiger partial charge is 0.393 e. The van der Waals surface area contributed by atoms with Crippen LogP contribution in [-0.4, -0.2) is 60.8 Å². The van der Waals surface area contributed by atoms with Crippen molar-refractivity contribution in [3.63, 3.8) is 0 Å². The highest BCUT2D eigenvalue weighted by atomic mass is 16.5. The van der Waals surface area contributed by atoms with Gasteiger partial charge in [0.2, 0.25) is 0 Å². The highest BCUT2D eigenvalue weighted by molar-refractivity contribution is 5.79. The second kappa shape index (κ2) is 9.35. The number of nitrogens with zero attached hydrogens (tertiary/aromatic N) is 4. The minimum atomic E-state index is 0.588. The fourth-order valence-electron chi connectivity index (χ4n) is 3.14. The van der Waals surface area contributed by atoms with Crippen LogP contribution in [-0.2, 0) is 4.74 Å². The first-order chi connectivity index (χ1) is 12.8. The van der Waals surface area contributed by atoms with Crippen molar-refractivity contribution in [1.29, 1.82) is 0 Å². The maximum atomic E-state index is 6.37. The maximum Gasteiger partial charge on any atom is 0.161 e. The van der Waals surface area contributed by atoms with Crippen LogP contribution in [0.4, 0.5) is 23.0 Å². The van der Waals surface area contributed by atoms with Crippen molar-refractivity contribution >= 4 is 23.0 Å². The Morgan fingerprint density at radius 3 is 2.69 bits per heavy atom. The van der Waals surface area contributed by atoms with E-state index in [0.717, 1.165) is 63.9 Å². The normalized spacial score (nSPS) is 15.0. The van der Waals surface area contributed by atoms with Gasteiger partial charge in [-0.25, -0.2) is 9.97 Å². The summed E-state index contributed by atoms with van der Waals surface area (Å²) in [5.41, 5.74) is 8.02. The van der Waals surface area contributed by atoms with E-state index in [1.54, 1.807) is 6.33 Å². The van der Waals surface area contributed by atoms with E-state index in [1.165, 1.54) is 0 Å². The van der Waals surface area contributed by atoms with Gasteiger partial charge in [-0.2, -0.15) is 0 Å². The van der Waals surface area contributed by atoms with Gasteiger partial charge in [0.15, 0.2) is 11.6 Å². The highest BCUT2D eigenvalue weighted by Gasteiger charge is 2.15. The first-order valence-electron chi connectivity index (χ1n) is 9.26. The number of ether oxygens (including phenoxy) is 1. The molecule has 3 rings (SSSR count). The molecule has 0 saturated carbocycles. The second-order valence-corrected chi connectivity index (χ2v) is 6.27. The zero-order valence-electron chi connectivity index (χ0n) is 15.4. The molecule has 1 aliphatic rings. The quantitative estimate of drug-likeness (QED) is 0.703. The lowest BCUT2D eigenvalue weighted by Gasteiger charge is -2.26. The molecule has 0 spiro atoms. The minimum Gasteiger partial charge on any atom is -0.393 e. The van der Waals surface area contributed by atoms with Gasteiger partial charge in [0.05, 0.1) is 13.2 Å². The van der Waals surface area contributed by atoms with E-state index < -0.39 is 0 Å². The van der Waals surface area contributed by atoms with Crippen molar-refractivity contribution in [3.8, 4) is 0 Å². The lowest BCUT2D eigenvalue weighted by atomic mass is 10.2. The Bertz CT molecular complexity index is 675. The highest BCUT2D eigenvalue weighted by Crippen LogP contribution is 2.31. The van der Waals surface area contributed by atoms with Crippen LogP contribution in [0.5, 0.6) is 0 Å². The molecule has 0 atom stereocenters. The molecule has 1 aromatic heterocycles. The van der Waals surface area contributed by atoms with Crippen LogP contribution in [0.3, 0.4) is 0 Å². The Kier molecular flexibility index (Phi) is 6.62. The third-order valence-electron chi connectivity index (χ3n) is 4.55. The summed E-state index contributed by atoms with van der Waals surface area (Å²) in [5.74, 6) is 1.44. The van der Waals surface area contributed by atoms with Crippen LogP contribution < -0.4 is 16.0 Å². The SMILES string of the molecule is CCN(c1ccccc1)c1ncnc(NCCCN2CCOCC2)c1N. The van der Waals surface area contributed by atoms with E-state index in [-0.39, 0.29) is 0 Å². The molecule has 26 heavy (non-hydrogen) atoms. The van der Waals surface area contributed by atoms with Crippen molar-refractivity contribution in [3.05, 3.63) is 36.7 Å². The third kappa shape index (κ3) is 4.62. The number of morpholine rings is 1. The Morgan fingerprint density at radius 2 is 1.96 bits per heavy atom. The predicted octanol–water partition coefficient (Wildman–Crippen LogP) is 2.35. The van der Waals surface area contributed by atoms with Crippen LogP contribution in [0.1, 0.15) is 13.3 Å². The number of hydrogen-bond donors (Lipinski definition) is 2. The number of benzene rings is 1. The van der Waals surface area contributed by atoms with Crippen molar-refractivity contribution in [2.24, 2.45) is 0 Å². The van der Waals surface area contributed by atoms with E-state index in [0.29, 0.717) is 11.5 Å². The van der Waals surface area contributed by atoms with Crippen LogP contribution >= 0.6 is 0 Å². The van der Waals surface area contributed by atoms with Gasteiger partial charge in [-0.05, 0) is 32.0 Å². The van der Waals surface area contributed by atoms with Gasteiger partial charge < -0.3 is 20.7 Å². The first kappa shape index (κ1) is 18.4. The van der Waals surface area contributed by atoms with Gasteiger partial charge in [0, 0.05) is 31.9 Å². The topological polar surface area (TPSA) is 79.5 Å². The van der Waals surface area contributed by atoms with Crippen molar-refractivity contribution in [2.75, 3.05) is 61.9 Å². The van der Waals surface area contributed by atoms with Gasteiger partial charge in [0.25, 0.3) is 0 Å². The number of anilines is 4. The first-order valence-corrected chi connectivity index (χ1v) is 9.26. The number of hydrogen-bond acceptors (Lipinski definition) is 7. The molecule has 1 aromatic carbocycles. The molecule has 1 aliphatic heterocycles. The molecule has 140 valence electrons. The minimum absolute atomic E-state index is 0.588. The summed E-state index contributed by atoms with van der Waals surface area (Å²) in [7, 11) is 0. The smallest absolute Gasteiger partial charge is 0.161 e. The molecule has 2 heterocycles. The average molecular weight is 356 g/mol. The lowest BCUT2D eigenvalue weighted by molar-refractivity contribution is 0.0378. The van der Waals surface area contributed by atoms with Gasteiger partial charge >= 0.3 is 0 Å². The monoisotopic (exact) mass is 356 g/mol. The van der Waals surface area contributed by atoms with Crippen LogP contribution in [0, 0.1) is 0 Å². The second-order valence-electron chi connectivity index (χ2n) is 6.27. The maximum absolute atomic E-state index is 6.37. The van der Waals surface area contributed by atoms with E-state index in [2.05, 4.69) is 44.1 Å². The third-order valence-corrected chi connectivity index (χ3v) is 4.55. The van der Waals surface area contributed by atoms with Gasteiger partial charge in [-0.1, -0.05) is 18.2 Å². The number of nitrogens with two attached hydrogens (primary N) is 1. The van der Waals surface area contributed by atoms with E-state index in [9.17, 15) is 0 Å². The Morgan fingerprint density at radius 1 is 1.19 bits per heavy atom. The fourth-order valence-corrected chi connectivity index (χ4v) is 3.14. The molecule has 2 aromatic rings. The summed E-state index contributed by atoms with van der Waals surface area (Å²) in [6, 6.07) is 10.1. The standard InChI is InChI=1S/C19H28N6O/c1-2-25(16-7-4-3-5-8-16)19-17(20)18(22-15-23-19)21-9-6-10-24-11-13-26-14-12-24/h3-5,7-8,15H,2,6,9-14,20H2,1H3,(H,21,22,23). The zero-order valence-corrected chi connectivity index (χ0v) is 15.4. The van der Waals surface area contributed by atoms with Crippen molar-refractivity contribution in [1.82, 2.24) is 14.9 Å². The molecule has 0 aliphatic carbocycles. The summed E-state index contributed by atoms with van der Waals surface area (Å²) in [4.78, 5) is 13.3. The predicted molar refractivity (Wildman–Crippen MR) is 106 cm³/mol. The molecular formula is C19H28N6O. The van der Waals surface area contributed by atoms with E-state index >= 15 is 0 Å². The van der Waals surface area contributed by atoms with E-state index in [1.807, 2.05) is 18.2 Å². The Labute approximate surface area is 155 Å². The number of nitrogen functional groups attached to an aromatic ring is 1. The summed E-state index contributed by atoms with van der Waals surface area (Å²) in [6.07, 6.45) is 2.61. The molecule has 0 radical (unpaired) electrons. The van der Waals surface area contributed by atoms with Crippen LogP contribution in [0.15, 0.2) is 36.7 Å².